The predicted molar refractivity (Wildman–Crippen MR) is 93.2 cm³/mol. The van der Waals surface area contributed by atoms with Crippen LogP contribution in [0.25, 0.3) is 0 Å². The van der Waals surface area contributed by atoms with E-state index < -0.39 is 30.6 Å². The first-order valence-corrected chi connectivity index (χ1v) is 8.07. The Morgan fingerprint density at radius 1 is 1.20 bits per heavy atom. The molecule has 8 nitrogen and oxygen atoms in total. The fourth-order valence-electron chi connectivity index (χ4n) is 2.13. The molecular weight excluding hydrogens is 326 g/mol. The summed E-state index contributed by atoms with van der Waals surface area (Å²) < 4.78 is 10.4. The highest BCUT2D eigenvalue weighted by Gasteiger charge is 2.23. The summed E-state index contributed by atoms with van der Waals surface area (Å²) in [6.45, 7) is 5.59. The van der Waals surface area contributed by atoms with Crippen molar-refractivity contribution in [2.24, 2.45) is 11.7 Å². The van der Waals surface area contributed by atoms with Gasteiger partial charge in [-0.15, -0.1) is 0 Å². The fraction of sp³-hybridized carbons (Fsp3) is 0.471. The van der Waals surface area contributed by atoms with Gasteiger partial charge in [0.1, 0.15) is 11.8 Å². The second-order valence-corrected chi connectivity index (χ2v) is 5.78. The number of benzene rings is 1. The number of carbonyl (C=O) groups excluding carboxylic acids is 3. The van der Waals surface area contributed by atoms with Crippen LogP contribution < -0.4 is 21.1 Å². The zero-order valence-corrected chi connectivity index (χ0v) is 14.7. The first kappa shape index (κ1) is 20.3. The van der Waals surface area contributed by atoms with E-state index in [1.807, 2.05) is 20.8 Å². The van der Waals surface area contributed by atoms with E-state index in [2.05, 4.69) is 10.6 Å². The molecule has 0 aliphatic carbocycles. The van der Waals surface area contributed by atoms with Crippen LogP contribution in [0.2, 0.25) is 0 Å². The molecule has 1 aromatic rings. The molecule has 0 radical (unpaired) electrons. The average Bonchev–Trinajstić information content (AvgIpc) is 2.53. The number of esters is 1. The van der Waals surface area contributed by atoms with Gasteiger partial charge in [-0.3, -0.25) is 4.79 Å². The minimum absolute atomic E-state index is 0.135. The van der Waals surface area contributed by atoms with Gasteiger partial charge < -0.3 is 25.8 Å². The number of nitrogens with two attached hydrogens (primary N) is 1. The van der Waals surface area contributed by atoms with E-state index in [9.17, 15) is 14.4 Å². The number of ether oxygens (including phenoxy) is 2. The minimum atomic E-state index is -0.888. The van der Waals surface area contributed by atoms with Crippen molar-refractivity contribution in [2.75, 3.05) is 18.5 Å². The summed E-state index contributed by atoms with van der Waals surface area (Å²) in [5.41, 5.74) is 5.54. The molecule has 138 valence electrons. The Balaban J connectivity index is 2.59. The van der Waals surface area contributed by atoms with Crippen molar-refractivity contribution < 1.29 is 23.9 Å². The summed E-state index contributed by atoms with van der Waals surface area (Å²) in [5.74, 6) is -0.558. The van der Waals surface area contributed by atoms with Crippen molar-refractivity contribution >= 4 is 23.6 Å². The van der Waals surface area contributed by atoms with Crippen LogP contribution in [0.15, 0.2) is 24.3 Å². The molecule has 0 saturated carbocycles. The third-order valence-corrected chi connectivity index (χ3v) is 3.11. The summed E-state index contributed by atoms with van der Waals surface area (Å²) in [6, 6.07) is 5.23. The SMILES string of the molecule is CCOc1ccccc1NC(=O)COC(=O)C(CC(C)C)NC(N)=O. The molecule has 1 rings (SSSR count). The number of carbonyl (C=O) groups is 3. The molecule has 4 N–H and O–H groups in total. The van der Waals surface area contributed by atoms with Gasteiger partial charge in [-0.05, 0) is 31.4 Å². The molecule has 1 aromatic carbocycles. The van der Waals surface area contributed by atoms with Gasteiger partial charge in [-0.1, -0.05) is 26.0 Å². The monoisotopic (exact) mass is 351 g/mol. The van der Waals surface area contributed by atoms with Gasteiger partial charge in [0.25, 0.3) is 5.91 Å². The molecule has 0 aliphatic rings. The van der Waals surface area contributed by atoms with Crippen LogP contribution in [0.5, 0.6) is 5.75 Å². The Morgan fingerprint density at radius 3 is 2.48 bits per heavy atom. The normalized spacial score (nSPS) is 11.5. The number of urea groups is 1. The Morgan fingerprint density at radius 2 is 1.88 bits per heavy atom. The number of amides is 3. The summed E-state index contributed by atoms with van der Waals surface area (Å²) in [5, 5.41) is 4.94. The molecule has 0 aromatic heterocycles. The summed E-state index contributed by atoms with van der Waals surface area (Å²) in [7, 11) is 0. The largest absolute Gasteiger partial charge is 0.492 e. The van der Waals surface area contributed by atoms with Gasteiger partial charge in [0, 0.05) is 0 Å². The summed E-state index contributed by atoms with van der Waals surface area (Å²) in [4.78, 5) is 35.0. The maximum atomic E-state index is 12.0. The van der Waals surface area contributed by atoms with E-state index in [0.717, 1.165) is 0 Å². The van der Waals surface area contributed by atoms with Crippen LogP contribution in [0.4, 0.5) is 10.5 Å². The topological polar surface area (TPSA) is 120 Å². The van der Waals surface area contributed by atoms with E-state index >= 15 is 0 Å². The smallest absolute Gasteiger partial charge is 0.329 e. The number of para-hydroxylation sites is 2. The number of nitrogens with one attached hydrogen (secondary N) is 2. The predicted octanol–water partition coefficient (Wildman–Crippen LogP) is 1.65. The number of anilines is 1. The average molecular weight is 351 g/mol. The van der Waals surface area contributed by atoms with Crippen LogP contribution in [-0.4, -0.2) is 37.2 Å². The quantitative estimate of drug-likeness (QED) is 0.584. The molecule has 0 saturated heterocycles. The van der Waals surface area contributed by atoms with E-state index in [0.29, 0.717) is 24.5 Å². The Kier molecular flexibility index (Phi) is 8.25. The van der Waals surface area contributed by atoms with Crippen molar-refractivity contribution in [3.63, 3.8) is 0 Å². The molecule has 0 fully saturated rings. The van der Waals surface area contributed by atoms with Crippen molar-refractivity contribution in [3.8, 4) is 5.75 Å². The highest BCUT2D eigenvalue weighted by molar-refractivity contribution is 5.94. The molecule has 0 aliphatic heterocycles. The highest BCUT2D eigenvalue weighted by atomic mass is 16.5. The lowest BCUT2D eigenvalue weighted by Gasteiger charge is -2.18. The Hall–Kier alpha value is -2.77. The number of hydrogen-bond acceptors (Lipinski definition) is 5. The molecule has 0 spiro atoms. The molecule has 0 heterocycles. The second kappa shape index (κ2) is 10.2. The molecule has 25 heavy (non-hydrogen) atoms. The minimum Gasteiger partial charge on any atom is -0.492 e. The lowest BCUT2D eigenvalue weighted by molar-refractivity contribution is -0.149. The lowest BCUT2D eigenvalue weighted by Crippen LogP contribution is -2.45. The summed E-state index contributed by atoms with van der Waals surface area (Å²) in [6.07, 6.45) is 0.358. The molecule has 0 bridgehead atoms. The zero-order chi connectivity index (χ0) is 18.8. The van der Waals surface area contributed by atoms with E-state index in [4.69, 9.17) is 15.2 Å². The first-order chi connectivity index (χ1) is 11.8. The molecule has 1 unspecified atom stereocenters. The second-order valence-electron chi connectivity index (χ2n) is 5.78. The lowest BCUT2D eigenvalue weighted by atomic mass is 10.0. The van der Waals surface area contributed by atoms with Gasteiger partial charge in [0.05, 0.1) is 12.3 Å². The van der Waals surface area contributed by atoms with Gasteiger partial charge in [-0.2, -0.15) is 0 Å². The standard InChI is InChI=1S/C17H25N3O5/c1-4-24-14-8-6-5-7-12(14)19-15(21)10-25-16(22)13(9-11(2)3)20-17(18)23/h5-8,11,13H,4,9-10H2,1-3H3,(H,19,21)(H3,18,20,23). The molecule has 8 heteroatoms. The van der Waals surface area contributed by atoms with Crippen LogP contribution in [0.3, 0.4) is 0 Å². The van der Waals surface area contributed by atoms with Crippen LogP contribution >= 0.6 is 0 Å². The number of hydrogen-bond donors (Lipinski definition) is 3. The Bertz CT molecular complexity index is 604. The van der Waals surface area contributed by atoms with Crippen molar-refractivity contribution in [1.29, 1.82) is 0 Å². The first-order valence-electron chi connectivity index (χ1n) is 8.07. The number of primary amides is 1. The van der Waals surface area contributed by atoms with Crippen molar-refractivity contribution in [2.45, 2.75) is 33.2 Å². The van der Waals surface area contributed by atoms with E-state index in [1.54, 1.807) is 24.3 Å². The summed E-state index contributed by atoms with van der Waals surface area (Å²) >= 11 is 0. The maximum Gasteiger partial charge on any atom is 0.329 e. The fourth-order valence-corrected chi connectivity index (χ4v) is 2.13. The molecular formula is C17H25N3O5. The van der Waals surface area contributed by atoms with Crippen molar-refractivity contribution in [1.82, 2.24) is 5.32 Å². The van der Waals surface area contributed by atoms with Crippen LogP contribution in [-0.2, 0) is 14.3 Å². The maximum absolute atomic E-state index is 12.0. The van der Waals surface area contributed by atoms with Crippen LogP contribution in [0, 0.1) is 5.92 Å². The van der Waals surface area contributed by atoms with Gasteiger partial charge in [0.2, 0.25) is 0 Å². The molecule has 3 amide bonds. The van der Waals surface area contributed by atoms with Gasteiger partial charge in [-0.25, -0.2) is 9.59 Å². The van der Waals surface area contributed by atoms with E-state index in [1.165, 1.54) is 0 Å². The van der Waals surface area contributed by atoms with Gasteiger partial charge >= 0.3 is 12.0 Å². The van der Waals surface area contributed by atoms with Crippen molar-refractivity contribution in [3.05, 3.63) is 24.3 Å². The third-order valence-electron chi connectivity index (χ3n) is 3.11. The Labute approximate surface area is 147 Å². The number of rotatable bonds is 9. The van der Waals surface area contributed by atoms with Crippen LogP contribution in [0.1, 0.15) is 27.2 Å². The zero-order valence-electron chi connectivity index (χ0n) is 14.7. The molecule has 1 atom stereocenters. The van der Waals surface area contributed by atoms with Gasteiger partial charge in [0.15, 0.2) is 6.61 Å². The highest BCUT2D eigenvalue weighted by Crippen LogP contribution is 2.23. The van der Waals surface area contributed by atoms with E-state index in [-0.39, 0.29) is 5.92 Å². The third kappa shape index (κ3) is 7.56.